The smallest absolute Gasteiger partial charge is 0.232 e. The number of hydrogen-bond donors (Lipinski definition) is 0. The van der Waals surface area contributed by atoms with Crippen molar-refractivity contribution in [2.24, 2.45) is 5.92 Å². The van der Waals surface area contributed by atoms with Crippen molar-refractivity contribution in [2.45, 2.75) is 6.42 Å². The maximum absolute atomic E-state index is 12.9. The number of nitrogens with zero attached hydrogens (tertiary/aromatic N) is 2. The molecule has 1 aromatic heterocycles. The van der Waals surface area contributed by atoms with Crippen LogP contribution in [0.25, 0.3) is 0 Å². The monoisotopic (exact) mass is 370 g/mol. The third-order valence-corrected chi connectivity index (χ3v) is 4.56. The Morgan fingerprint density at radius 2 is 2.21 bits per heavy atom. The van der Waals surface area contributed by atoms with Gasteiger partial charge < -0.3 is 4.90 Å². The molecule has 19 heavy (non-hydrogen) atoms. The topological polar surface area (TPSA) is 67.3 Å². The van der Waals surface area contributed by atoms with Crippen LogP contribution in [-0.4, -0.2) is 31.6 Å². The number of carbonyl (C=O) groups is 1. The molecule has 2 heterocycles. The molecule has 1 amide bonds. The molecule has 9 heteroatoms. The summed E-state index contributed by atoms with van der Waals surface area (Å²) in [5.41, 5.74) is 0.417. The molecule has 0 aromatic carbocycles. The van der Waals surface area contributed by atoms with Crippen molar-refractivity contribution < 1.29 is 17.6 Å². The molecule has 1 aliphatic rings. The molecule has 2 rings (SSSR count). The fourth-order valence-electron chi connectivity index (χ4n) is 2.01. The summed E-state index contributed by atoms with van der Waals surface area (Å²) in [6.07, 6.45) is 0.0930. The molecule has 0 aliphatic carbocycles. The van der Waals surface area contributed by atoms with E-state index in [1.54, 1.807) is 0 Å². The zero-order valence-corrected chi connectivity index (χ0v) is 12.7. The number of hydrogen-bond acceptors (Lipinski definition) is 4. The van der Waals surface area contributed by atoms with Crippen molar-refractivity contribution in [2.75, 3.05) is 17.2 Å². The fourth-order valence-corrected chi connectivity index (χ4v) is 3.85. The van der Waals surface area contributed by atoms with Crippen LogP contribution in [0.1, 0.15) is 6.42 Å². The highest BCUT2D eigenvalue weighted by molar-refractivity contribution is 9.10. The van der Waals surface area contributed by atoms with Crippen LogP contribution in [0.2, 0.25) is 0 Å². The van der Waals surface area contributed by atoms with Crippen LogP contribution in [0.4, 0.5) is 10.1 Å². The number of amides is 1. The van der Waals surface area contributed by atoms with Gasteiger partial charge in [-0.15, -0.1) is 0 Å². The SMILES string of the molecule is O=C1CC(CS(=O)(=O)Cl)CN1c1ccc(F)nc1Br. The van der Waals surface area contributed by atoms with Crippen molar-refractivity contribution >= 4 is 47.3 Å². The Balaban J connectivity index is 2.20. The van der Waals surface area contributed by atoms with Crippen LogP contribution >= 0.6 is 26.6 Å². The minimum Gasteiger partial charge on any atom is -0.310 e. The molecule has 0 N–H and O–H groups in total. The summed E-state index contributed by atoms with van der Waals surface area (Å²) in [5, 5.41) is 0. The van der Waals surface area contributed by atoms with Crippen LogP contribution in [0.5, 0.6) is 0 Å². The highest BCUT2D eigenvalue weighted by Gasteiger charge is 2.34. The van der Waals surface area contributed by atoms with E-state index in [2.05, 4.69) is 20.9 Å². The summed E-state index contributed by atoms with van der Waals surface area (Å²) in [6, 6.07) is 2.56. The van der Waals surface area contributed by atoms with Gasteiger partial charge in [-0.25, -0.2) is 13.4 Å². The predicted molar refractivity (Wildman–Crippen MR) is 72.0 cm³/mol. The quantitative estimate of drug-likeness (QED) is 0.601. The summed E-state index contributed by atoms with van der Waals surface area (Å²) in [4.78, 5) is 16.8. The largest absolute Gasteiger partial charge is 0.310 e. The lowest BCUT2D eigenvalue weighted by atomic mass is 10.1. The summed E-state index contributed by atoms with van der Waals surface area (Å²) >= 11 is 3.08. The molecule has 5 nitrogen and oxygen atoms in total. The lowest BCUT2D eigenvalue weighted by molar-refractivity contribution is -0.117. The molecule has 1 saturated heterocycles. The van der Waals surface area contributed by atoms with Gasteiger partial charge in [0, 0.05) is 29.6 Å². The zero-order chi connectivity index (χ0) is 14.2. The van der Waals surface area contributed by atoms with Gasteiger partial charge in [0.25, 0.3) is 0 Å². The van der Waals surface area contributed by atoms with Crippen LogP contribution in [-0.2, 0) is 13.8 Å². The Kier molecular flexibility index (Phi) is 4.12. The van der Waals surface area contributed by atoms with Crippen molar-refractivity contribution in [3.63, 3.8) is 0 Å². The van der Waals surface area contributed by atoms with Crippen LogP contribution in [0, 0.1) is 11.9 Å². The zero-order valence-electron chi connectivity index (χ0n) is 9.51. The third kappa shape index (κ3) is 3.64. The summed E-state index contributed by atoms with van der Waals surface area (Å²) in [5.74, 6) is -1.53. The standard InChI is InChI=1S/C10H9BrClFN2O3S/c11-10-7(1-2-8(13)14-10)15-4-6(3-9(15)16)5-19(12,17)18/h1-2,6H,3-5H2. The molecule has 104 valence electrons. The van der Waals surface area contributed by atoms with E-state index in [-0.39, 0.29) is 35.1 Å². The summed E-state index contributed by atoms with van der Waals surface area (Å²) < 4.78 is 35.1. The molecular formula is C10H9BrClFN2O3S. The van der Waals surface area contributed by atoms with E-state index in [0.717, 1.165) is 6.07 Å². The molecule has 1 aliphatic heterocycles. The number of halogens is 3. The van der Waals surface area contributed by atoms with Crippen LogP contribution < -0.4 is 4.90 Å². The average Bonchev–Trinajstić information content (AvgIpc) is 2.56. The van der Waals surface area contributed by atoms with Crippen molar-refractivity contribution in [3.05, 3.63) is 22.7 Å². The summed E-state index contributed by atoms with van der Waals surface area (Å²) in [7, 11) is 1.53. The van der Waals surface area contributed by atoms with Crippen molar-refractivity contribution in [1.82, 2.24) is 4.98 Å². The Morgan fingerprint density at radius 1 is 1.53 bits per heavy atom. The van der Waals surface area contributed by atoms with E-state index in [9.17, 15) is 17.6 Å². The normalized spacial score (nSPS) is 20.1. The second-order valence-electron chi connectivity index (χ2n) is 4.22. The van der Waals surface area contributed by atoms with Gasteiger partial charge in [-0.2, -0.15) is 4.39 Å². The molecule has 0 bridgehead atoms. The number of aromatic nitrogens is 1. The molecule has 1 atom stereocenters. The van der Waals surface area contributed by atoms with E-state index in [4.69, 9.17) is 10.7 Å². The van der Waals surface area contributed by atoms with Gasteiger partial charge in [0.05, 0.1) is 11.4 Å². The Hall–Kier alpha value is -0.730. The second-order valence-corrected chi connectivity index (χ2v) is 7.80. The highest BCUT2D eigenvalue weighted by atomic mass is 79.9. The Labute approximate surface area is 122 Å². The first kappa shape index (κ1) is 14.7. The number of carbonyl (C=O) groups excluding carboxylic acids is 1. The highest BCUT2D eigenvalue weighted by Crippen LogP contribution is 2.31. The van der Waals surface area contributed by atoms with E-state index in [1.165, 1.54) is 11.0 Å². The molecule has 1 aromatic rings. The lowest BCUT2D eigenvalue weighted by Crippen LogP contribution is -2.26. The van der Waals surface area contributed by atoms with Crippen LogP contribution in [0.3, 0.4) is 0 Å². The molecule has 0 spiro atoms. The van der Waals surface area contributed by atoms with E-state index >= 15 is 0 Å². The molecule has 1 unspecified atom stereocenters. The first-order valence-electron chi connectivity index (χ1n) is 5.31. The minimum absolute atomic E-state index is 0.0930. The van der Waals surface area contributed by atoms with Gasteiger partial charge in [0.15, 0.2) is 0 Å². The van der Waals surface area contributed by atoms with Gasteiger partial charge in [-0.05, 0) is 28.1 Å². The maximum Gasteiger partial charge on any atom is 0.232 e. The molecule has 1 fully saturated rings. The summed E-state index contributed by atoms with van der Waals surface area (Å²) in [6.45, 7) is 0.219. The van der Waals surface area contributed by atoms with Gasteiger partial charge >= 0.3 is 0 Å². The average molecular weight is 372 g/mol. The van der Waals surface area contributed by atoms with Gasteiger partial charge in [-0.3, -0.25) is 4.79 Å². The van der Waals surface area contributed by atoms with Crippen molar-refractivity contribution in [3.8, 4) is 0 Å². The van der Waals surface area contributed by atoms with E-state index in [1.807, 2.05) is 0 Å². The lowest BCUT2D eigenvalue weighted by Gasteiger charge is -2.17. The van der Waals surface area contributed by atoms with Crippen LogP contribution in [0.15, 0.2) is 16.7 Å². The number of rotatable bonds is 3. The van der Waals surface area contributed by atoms with Gasteiger partial charge in [-0.1, -0.05) is 0 Å². The number of pyridine rings is 1. The first-order valence-corrected chi connectivity index (χ1v) is 8.58. The number of anilines is 1. The second kappa shape index (κ2) is 5.34. The minimum atomic E-state index is -3.65. The van der Waals surface area contributed by atoms with Gasteiger partial charge in [0.2, 0.25) is 20.9 Å². The molecule has 0 saturated carbocycles. The Morgan fingerprint density at radius 3 is 2.79 bits per heavy atom. The van der Waals surface area contributed by atoms with E-state index in [0.29, 0.717) is 5.69 Å². The predicted octanol–water partition coefficient (Wildman–Crippen LogP) is 1.90. The van der Waals surface area contributed by atoms with Crippen molar-refractivity contribution in [1.29, 1.82) is 0 Å². The maximum atomic E-state index is 12.9. The third-order valence-electron chi connectivity index (χ3n) is 2.73. The molecular weight excluding hydrogens is 363 g/mol. The fraction of sp³-hybridized carbons (Fsp3) is 0.400. The van der Waals surface area contributed by atoms with Gasteiger partial charge in [0.1, 0.15) is 4.60 Å². The molecule has 0 radical (unpaired) electrons. The van der Waals surface area contributed by atoms with E-state index < -0.39 is 15.0 Å². The first-order chi connectivity index (χ1) is 8.76. The Bertz CT molecular complexity index is 625.